The smallest absolute Gasteiger partial charge is 0.185 e. The number of aryl methyl sites for hydroxylation is 1. The van der Waals surface area contributed by atoms with Crippen LogP contribution in [-0.4, -0.2) is 15.6 Å². The zero-order valence-corrected chi connectivity index (χ0v) is 11.0. The molecule has 1 rings (SSSR count). The van der Waals surface area contributed by atoms with Crippen molar-refractivity contribution in [2.45, 2.75) is 40.2 Å². The first-order valence-electron chi connectivity index (χ1n) is 5.41. The Kier molecular flexibility index (Phi) is 4.51. The van der Waals surface area contributed by atoms with Gasteiger partial charge < -0.3 is 0 Å². The summed E-state index contributed by atoms with van der Waals surface area (Å²) in [5, 5.41) is 4.16. The number of ketones is 1. The van der Waals surface area contributed by atoms with E-state index in [1.54, 1.807) is 10.9 Å². The number of halogens is 1. The van der Waals surface area contributed by atoms with Crippen LogP contribution in [0.1, 0.15) is 44.1 Å². The van der Waals surface area contributed by atoms with E-state index < -0.39 is 0 Å². The van der Waals surface area contributed by atoms with Crippen molar-refractivity contribution in [1.29, 1.82) is 0 Å². The summed E-state index contributed by atoms with van der Waals surface area (Å²) in [6.07, 6.45) is 3.46. The molecule has 0 amide bonds. The Morgan fingerprint density at radius 1 is 1.47 bits per heavy atom. The van der Waals surface area contributed by atoms with E-state index in [4.69, 9.17) is 0 Å². The second kappa shape index (κ2) is 5.45. The maximum atomic E-state index is 12.2. The molecule has 4 heteroatoms. The molecule has 1 aromatic rings. The Morgan fingerprint density at radius 3 is 2.53 bits per heavy atom. The van der Waals surface area contributed by atoms with Gasteiger partial charge in [0.15, 0.2) is 5.78 Å². The molecular formula is C11H17BrN2O. The van der Waals surface area contributed by atoms with Crippen LogP contribution in [0.5, 0.6) is 0 Å². The Bertz CT molecular complexity index is 342. The molecule has 0 radical (unpaired) electrons. The minimum Gasteiger partial charge on any atom is -0.292 e. The zero-order chi connectivity index (χ0) is 11.4. The van der Waals surface area contributed by atoms with Crippen molar-refractivity contribution in [3.05, 3.63) is 16.4 Å². The van der Waals surface area contributed by atoms with Crippen molar-refractivity contribution in [2.24, 2.45) is 5.92 Å². The van der Waals surface area contributed by atoms with E-state index in [1.807, 2.05) is 20.8 Å². The van der Waals surface area contributed by atoms with E-state index in [9.17, 15) is 4.79 Å². The van der Waals surface area contributed by atoms with Crippen molar-refractivity contribution < 1.29 is 4.79 Å². The fraction of sp³-hybridized carbons (Fsp3) is 0.636. The number of carbonyl (C=O) groups is 1. The maximum Gasteiger partial charge on any atom is 0.185 e. The molecule has 0 aliphatic carbocycles. The molecule has 0 bridgehead atoms. The van der Waals surface area contributed by atoms with Crippen LogP contribution in [0.4, 0.5) is 0 Å². The zero-order valence-electron chi connectivity index (χ0n) is 9.46. The minimum absolute atomic E-state index is 0.114. The lowest BCUT2D eigenvalue weighted by atomic mass is 9.96. The molecule has 0 N–H and O–H groups in total. The molecule has 0 unspecified atom stereocenters. The van der Waals surface area contributed by atoms with E-state index in [0.717, 1.165) is 23.9 Å². The summed E-state index contributed by atoms with van der Waals surface area (Å²) in [7, 11) is 0. The first-order valence-corrected chi connectivity index (χ1v) is 6.20. The lowest BCUT2D eigenvalue weighted by molar-refractivity contribution is 0.0901. The predicted molar refractivity (Wildman–Crippen MR) is 64.0 cm³/mol. The average Bonchev–Trinajstić information content (AvgIpc) is 2.61. The van der Waals surface area contributed by atoms with Crippen LogP contribution in [0, 0.1) is 5.92 Å². The first-order chi connectivity index (χ1) is 7.15. The van der Waals surface area contributed by atoms with Crippen molar-refractivity contribution in [3.63, 3.8) is 0 Å². The first kappa shape index (κ1) is 12.4. The molecule has 0 aliphatic heterocycles. The van der Waals surface area contributed by atoms with Crippen molar-refractivity contribution in [1.82, 2.24) is 9.78 Å². The average molecular weight is 273 g/mol. The van der Waals surface area contributed by atoms with Gasteiger partial charge in [0, 0.05) is 12.5 Å². The Morgan fingerprint density at radius 2 is 2.07 bits per heavy atom. The third-order valence-corrected chi connectivity index (χ3v) is 3.26. The Balaban J connectivity index is 3.03. The normalized spacial score (nSPS) is 11.0. The van der Waals surface area contributed by atoms with Crippen molar-refractivity contribution >= 4 is 21.7 Å². The molecule has 0 aliphatic rings. The number of hydrogen-bond donors (Lipinski definition) is 0. The van der Waals surface area contributed by atoms with E-state index in [-0.39, 0.29) is 11.7 Å². The summed E-state index contributed by atoms with van der Waals surface area (Å²) < 4.78 is 2.56. The number of carbonyl (C=O) groups excluding carboxylic acids is 1. The van der Waals surface area contributed by atoms with E-state index in [1.165, 1.54) is 0 Å². The second-order valence-electron chi connectivity index (χ2n) is 3.53. The molecular weight excluding hydrogens is 256 g/mol. The molecule has 15 heavy (non-hydrogen) atoms. The number of rotatable bonds is 5. The second-order valence-corrected chi connectivity index (χ2v) is 4.39. The number of hydrogen-bond acceptors (Lipinski definition) is 2. The Hall–Kier alpha value is -0.640. The summed E-state index contributed by atoms with van der Waals surface area (Å²) >= 11 is 3.38. The van der Waals surface area contributed by atoms with Gasteiger partial charge in [0.1, 0.15) is 5.69 Å². The summed E-state index contributed by atoms with van der Waals surface area (Å²) in [5.74, 6) is 0.314. The third-order valence-electron chi connectivity index (χ3n) is 2.68. The van der Waals surface area contributed by atoms with E-state index in [2.05, 4.69) is 21.0 Å². The standard InChI is InChI=1S/C11H17BrN2O/c1-4-8(5-2)11(15)10-9(12)7-13-14(10)6-3/h7-8H,4-6H2,1-3H3. The van der Waals surface area contributed by atoms with Crippen LogP contribution in [0.15, 0.2) is 10.7 Å². The van der Waals surface area contributed by atoms with Crippen LogP contribution < -0.4 is 0 Å². The van der Waals surface area contributed by atoms with Gasteiger partial charge in [0.2, 0.25) is 0 Å². The highest BCUT2D eigenvalue weighted by Gasteiger charge is 2.22. The molecule has 0 saturated heterocycles. The molecule has 0 aromatic carbocycles. The van der Waals surface area contributed by atoms with Crippen molar-refractivity contribution in [2.75, 3.05) is 0 Å². The number of nitrogens with zero attached hydrogens (tertiary/aromatic N) is 2. The van der Waals surface area contributed by atoms with Gasteiger partial charge in [-0.25, -0.2) is 0 Å². The molecule has 3 nitrogen and oxygen atoms in total. The predicted octanol–water partition coefficient (Wildman–Crippen LogP) is 3.28. The van der Waals surface area contributed by atoms with Crippen LogP contribution in [0.2, 0.25) is 0 Å². The molecule has 1 heterocycles. The van der Waals surface area contributed by atoms with E-state index in [0.29, 0.717) is 5.69 Å². The highest BCUT2D eigenvalue weighted by Crippen LogP contribution is 2.22. The molecule has 1 aromatic heterocycles. The van der Waals surface area contributed by atoms with Crippen LogP contribution in [-0.2, 0) is 6.54 Å². The van der Waals surface area contributed by atoms with Gasteiger partial charge in [0.05, 0.1) is 10.7 Å². The van der Waals surface area contributed by atoms with Gasteiger partial charge in [-0.05, 0) is 35.7 Å². The highest BCUT2D eigenvalue weighted by atomic mass is 79.9. The molecule has 0 saturated carbocycles. The quantitative estimate of drug-likeness (QED) is 0.771. The van der Waals surface area contributed by atoms with Gasteiger partial charge in [-0.15, -0.1) is 0 Å². The van der Waals surface area contributed by atoms with Gasteiger partial charge in [-0.1, -0.05) is 13.8 Å². The maximum absolute atomic E-state index is 12.2. The lowest BCUT2D eigenvalue weighted by Gasteiger charge is -2.12. The molecule has 0 spiro atoms. The van der Waals surface area contributed by atoms with Gasteiger partial charge in [-0.3, -0.25) is 9.48 Å². The van der Waals surface area contributed by atoms with Gasteiger partial charge in [0.25, 0.3) is 0 Å². The lowest BCUT2D eigenvalue weighted by Crippen LogP contribution is -2.18. The van der Waals surface area contributed by atoms with Gasteiger partial charge in [-0.2, -0.15) is 5.10 Å². The highest BCUT2D eigenvalue weighted by molar-refractivity contribution is 9.10. The monoisotopic (exact) mass is 272 g/mol. The minimum atomic E-state index is 0.114. The van der Waals surface area contributed by atoms with Crippen LogP contribution in [0.25, 0.3) is 0 Å². The molecule has 0 fully saturated rings. The topological polar surface area (TPSA) is 34.9 Å². The van der Waals surface area contributed by atoms with Crippen LogP contribution >= 0.6 is 15.9 Å². The fourth-order valence-corrected chi connectivity index (χ4v) is 2.19. The number of aromatic nitrogens is 2. The third kappa shape index (κ3) is 2.48. The summed E-state index contributed by atoms with van der Waals surface area (Å²) in [4.78, 5) is 12.2. The van der Waals surface area contributed by atoms with Crippen LogP contribution in [0.3, 0.4) is 0 Å². The summed E-state index contributed by atoms with van der Waals surface area (Å²) in [6, 6.07) is 0. The summed E-state index contributed by atoms with van der Waals surface area (Å²) in [6.45, 7) is 6.81. The summed E-state index contributed by atoms with van der Waals surface area (Å²) in [5.41, 5.74) is 0.714. The number of Topliss-reactive ketones (excluding diaryl/α,β-unsaturated/α-hetero) is 1. The largest absolute Gasteiger partial charge is 0.292 e. The van der Waals surface area contributed by atoms with Crippen molar-refractivity contribution in [3.8, 4) is 0 Å². The molecule has 84 valence electrons. The fourth-order valence-electron chi connectivity index (χ4n) is 1.70. The van der Waals surface area contributed by atoms with E-state index >= 15 is 0 Å². The Labute approximate surface area is 99.0 Å². The molecule has 0 atom stereocenters. The SMILES string of the molecule is CCC(CC)C(=O)c1c(Br)cnn1CC. The van der Waals surface area contributed by atoms with Gasteiger partial charge >= 0.3 is 0 Å².